The quantitative estimate of drug-likeness (QED) is 0.798. The van der Waals surface area contributed by atoms with Crippen LogP contribution in [0.1, 0.15) is 32.6 Å². The van der Waals surface area contributed by atoms with E-state index >= 15 is 0 Å². The van der Waals surface area contributed by atoms with E-state index in [1.165, 1.54) is 25.7 Å². The number of carbonyl (C=O) groups is 1. The van der Waals surface area contributed by atoms with Crippen molar-refractivity contribution < 1.29 is 9.53 Å². The number of piperidine rings is 1. The van der Waals surface area contributed by atoms with Gasteiger partial charge in [-0.15, -0.1) is 0 Å². The normalized spacial score (nSPS) is 24.8. The van der Waals surface area contributed by atoms with Crippen LogP contribution in [-0.4, -0.2) is 84.2 Å². The van der Waals surface area contributed by atoms with Gasteiger partial charge in [-0.1, -0.05) is 0 Å². The summed E-state index contributed by atoms with van der Waals surface area (Å²) in [7, 11) is 0. The van der Waals surface area contributed by atoms with Gasteiger partial charge in [-0.3, -0.25) is 9.69 Å². The first-order chi connectivity index (χ1) is 13.2. The molecule has 0 radical (unpaired) electrons. The van der Waals surface area contributed by atoms with Crippen molar-refractivity contribution in [3.63, 3.8) is 0 Å². The van der Waals surface area contributed by atoms with Crippen LogP contribution < -0.4 is 4.90 Å². The van der Waals surface area contributed by atoms with Gasteiger partial charge >= 0.3 is 0 Å². The van der Waals surface area contributed by atoms with E-state index in [0.717, 1.165) is 58.4 Å². The van der Waals surface area contributed by atoms with E-state index in [1.807, 2.05) is 11.0 Å². The van der Waals surface area contributed by atoms with Crippen molar-refractivity contribution >= 4 is 11.9 Å². The van der Waals surface area contributed by atoms with Gasteiger partial charge in [0.15, 0.2) is 0 Å². The van der Waals surface area contributed by atoms with Gasteiger partial charge in [-0.2, -0.15) is 0 Å². The lowest BCUT2D eigenvalue weighted by Crippen LogP contribution is -2.56. The molecule has 0 aliphatic carbocycles. The number of carbonyl (C=O) groups excluding carboxylic acids is 1. The van der Waals surface area contributed by atoms with Gasteiger partial charge in [0.1, 0.15) is 0 Å². The second-order valence-electron chi connectivity index (χ2n) is 8.19. The summed E-state index contributed by atoms with van der Waals surface area (Å²) in [5.74, 6) is 1.03. The average molecular weight is 374 g/mol. The van der Waals surface area contributed by atoms with E-state index in [0.29, 0.717) is 5.41 Å². The number of piperazine rings is 1. The summed E-state index contributed by atoms with van der Waals surface area (Å²) in [5, 5.41) is 0. The minimum Gasteiger partial charge on any atom is -0.381 e. The molecule has 7 nitrogen and oxygen atoms in total. The van der Waals surface area contributed by atoms with Gasteiger partial charge in [0, 0.05) is 51.8 Å². The van der Waals surface area contributed by atoms with Crippen LogP contribution in [0.15, 0.2) is 18.5 Å². The number of ether oxygens (including phenoxy) is 1. The van der Waals surface area contributed by atoms with Crippen molar-refractivity contribution in [2.75, 3.05) is 57.4 Å². The van der Waals surface area contributed by atoms with E-state index in [9.17, 15) is 4.79 Å². The van der Waals surface area contributed by atoms with Gasteiger partial charge < -0.3 is 14.5 Å². The van der Waals surface area contributed by atoms with Crippen molar-refractivity contribution in [2.45, 2.75) is 38.6 Å². The van der Waals surface area contributed by atoms with Crippen LogP contribution in [0.4, 0.5) is 5.95 Å². The van der Waals surface area contributed by atoms with E-state index in [-0.39, 0.29) is 11.9 Å². The Morgan fingerprint density at radius 2 is 1.63 bits per heavy atom. The lowest BCUT2D eigenvalue weighted by Gasteiger charge is -2.46. The van der Waals surface area contributed by atoms with E-state index in [4.69, 9.17) is 4.74 Å². The fourth-order valence-corrected chi connectivity index (χ4v) is 4.69. The molecule has 3 aliphatic heterocycles. The third-order valence-electron chi connectivity index (χ3n) is 6.74. The zero-order valence-corrected chi connectivity index (χ0v) is 16.3. The molecule has 7 heteroatoms. The van der Waals surface area contributed by atoms with Crippen molar-refractivity contribution in [2.24, 2.45) is 5.41 Å². The van der Waals surface area contributed by atoms with Gasteiger partial charge in [0.2, 0.25) is 11.9 Å². The summed E-state index contributed by atoms with van der Waals surface area (Å²) in [6.45, 7) is 9.05. The number of anilines is 1. The molecular weight excluding hydrogens is 342 g/mol. The third kappa shape index (κ3) is 4.09. The Kier molecular flexibility index (Phi) is 5.59. The molecule has 3 fully saturated rings. The first kappa shape index (κ1) is 18.6. The summed E-state index contributed by atoms with van der Waals surface area (Å²) in [6.07, 6.45) is 8.31. The zero-order chi connectivity index (χ0) is 18.7. The fraction of sp³-hybridized carbons (Fsp3) is 0.750. The van der Waals surface area contributed by atoms with Crippen LogP contribution >= 0.6 is 0 Å². The molecule has 4 heterocycles. The summed E-state index contributed by atoms with van der Waals surface area (Å²) in [6, 6.07) is 1.80. The average Bonchev–Trinajstić information content (AvgIpc) is 2.75. The number of likely N-dealkylation sites (tertiary alicyclic amines) is 1. The highest BCUT2D eigenvalue weighted by Crippen LogP contribution is 2.41. The molecule has 0 saturated carbocycles. The van der Waals surface area contributed by atoms with Gasteiger partial charge in [-0.25, -0.2) is 9.97 Å². The standard InChI is InChI=1S/C20H31N5O2/c1-17(23-9-3-20(4-10-23)5-15-27-16-6-20)18(26)24-11-13-25(14-12-24)19-21-7-2-8-22-19/h2,7-8,17H,3-6,9-16H2,1H3. The molecule has 3 saturated heterocycles. The SMILES string of the molecule is CC(C(=O)N1CCN(c2ncccn2)CC1)N1CCC2(CCOCC2)CC1. The Balaban J connectivity index is 1.27. The fourth-order valence-electron chi connectivity index (χ4n) is 4.69. The lowest BCUT2D eigenvalue weighted by molar-refractivity contribution is -0.138. The Bertz CT molecular complexity index is 617. The highest BCUT2D eigenvalue weighted by Gasteiger charge is 2.38. The van der Waals surface area contributed by atoms with Crippen LogP contribution in [-0.2, 0) is 9.53 Å². The van der Waals surface area contributed by atoms with Crippen LogP contribution in [0.3, 0.4) is 0 Å². The van der Waals surface area contributed by atoms with Crippen molar-refractivity contribution in [3.8, 4) is 0 Å². The molecule has 3 aliphatic rings. The number of aromatic nitrogens is 2. The highest BCUT2D eigenvalue weighted by molar-refractivity contribution is 5.81. The molecule has 0 aromatic carbocycles. The van der Waals surface area contributed by atoms with Crippen molar-refractivity contribution in [1.82, 2.24) is 19.8 Å². The maximum atomic E-state index is 13.0. The highest BCUT2D eigenvalue weighted by atomic mass is 16.5. The predicted octanol–water partition coefficient (Wildman–Crippen LogP) is 1.41. The maximum absolute atomic E-state index is 13.0. The third-order valence-corrected chi connectivity index (χ3v) is 6.74. The summed E-state index contributed by atoms with van der Waals surface area (Å²) in [4.78, 5) is 28.2. The number of nitrogens with zero attached hydrogens (tertiary/aromatic N) is 5. The molecule has 4 rings (SSSR count). The summed E-state index contributed by atoms with van der Waals surface area (Å²) in [5.41, 5.74) is 0.471. The van der Waals surface area contributed by atoms with Crippen LogP contribution in [0.5, 0.6) is 0 Å². The molecule has 0 bridgehead atoms. The monoisotopic (exact) mass is 373 g/mol. The summed E-state index contributed by atoms with van der Waals surface area (Å²) >= 11 is 0. The van der Waals surface area contributed by atoms with Crippen LogP contribution in [0.25, 0.3) is 0 Å². The minimum absolute atomic E-state index is 0.0262. The Morgan fingerprint density at radius 1 is 1.00 bits per heavy atom. The lowest BCUT2D eigenvalue weighted by atomic mass is 9.72. The molecular formula is C20H31N5O2. The van der Waals surface area contributed by atoms with Crippen LogP contribution in [0, 0.1) is 5.41 Å². The molecule has 1 spiro atoms. The van der Waals surface area contributed by atoms with Gasteiger partial charge in [0.25, 0.3) is 0 Å². The molecule has 1 atom stereocenters. The molecule has 1 amide bonds. The molecule has 27 heavy (non-hydrogen) atoms. The second-order valence-corrected chi connectivity index (χ2v) is 8.19. The number of rotatable bonds is 3. The predicted molar refractivity (Wildman–Crippen MR) is 104 cm³/mol. The van der Waals surface area contributed by atoms with E-state index in [2.05, 4.69) is 26.7 Å². The topological polar surface area (TPSA) is 61.8 Å². The Morgan fingerprint density at radius 3 is 2.26 bits per heavy atom. The Labute approximate surface area is 161 Å². The molecule has 1 unspecified atom stereocenters. The van der Waals surface area contributed by atoms with Gasteiger partial charge in [0.05, 0.1) is 6.04 Å². The largest absolute Gasteiger partial charge is 0.381 e. The van der Waals surface area contributed by atoms with Crippen LogP contribution in [0.2, 0.25) is 0 Å². The molecule has 1 aromatic rings. The smallest absolute Gasteiger partial charge is 0.239 e. The van der Waals surface area contributed by atoms with Gasteiger partial charge in [-0.05, 0) is 57.2 Å². The molecule has 148 valence electrons. The first-order valence-electron chi connectivity index (χ1n) is 10.3. The Hall–Kier alpha value is -1.73. The summed E-state index contributed by atoms with van der Waals surface area (Å²) < 4.78 is 5.54. The second kappa shape index (κ2) is 8.10. The molecule has 0 N–H and O–H groups in total. The minimum atomic E-state index is -0.0262. The zero-order valence-electron chi connectivity index (χ0n) is 16.3. The number of amides is 1. The number of hydrogen-bond donors (Lipinski definition) is 0. The van der Waals surface area contributed by atoms with Crippen molar-refractivity contribution in [1.29, 1.82) is 0 Å². The first-order valence-corrected chi connectivity index (χ1v) is 10.3. The van der Waals surface area contributed by atoms with Crippen molar-refractivity contribution in [3.05, 3.63) is 18.5 Å². The maximum Gasteiger partial charge on any atom is 0.239 e. The van der Waals surface area contributed by atoms with E-state index < -0.39 is 0 Å². The number of hydrogen-bond acceptors (Lipinski definition) is 6. The molecule has 1 aromatic heterocycles. The van der Waals surface area contributed by atoms with E-state index in [1.54, 1.807) is 12.4 Å².